The first-order chi connectivity index (χ1) is 12.0. The van der Waals surface area contributed by atoms with Crippen molar-refractivity contribution in [3.05, 3.63) is 46.3 Å². The van der Waals surface area contributed by atoms with Gasteiger partial charge in [0.25, 0.3) is 5.91 Å². The molecule has 1 aromatic heterocycles. The largest absolute Gasteiger partial charge is 0.488 e. The van der Waals surface area contributed by atoms with E-state index in [2.05, 4.69) is 25.1 Å². The molecule has 1 aliphatic heterocycles. The Morgan fingerprint density at radius 1 is 1.28 bits per heavy atom. The van der Waals surface area contributed by atoms with E-state index in [4.69, 9.17) is 9.26 Å². The van der Waals surface area contributed by atoms with E-state index in [1.54, 1.807) is 0 Å². The van der Waals surface area contributed by atoms with Crippen LogP contribution in [0.25, 0.3) is 0 Å². The van der Waals surface area contributed by atoms with E-state index in [-0.39, 0.29) is 12.5 Å². The zero-order valence-electron chi connectivity index (χ0n) is 15.5. The fraction of sp³-hybridized carbons (Fsp3) is 0.500. The number of piperidine rings is 1. The van der Waals surface area contributed by atoms with Crippen LogP contribution in [0.5, 0.6) is 5.75 Å². The molecule has 0 atom stereocenters. The number of carbonyl (C=O) groups is 1. The lowest BCUT2D eigenvalue weighted by Crippen LogP contribution is -2.38. The average Bonchev–Trinajstić information content (AvgIpc) is 2.95. The number of carbonyl (C=O) groups excluding carboxylic acids is 1. The van der Waals surface area contributed by atoms with Crippen LogP contribution < -0.4 is 4.74 Å². The van der Waals surface area contributed by atoms with Gasteiger partial charge in [-0.2, -0.15) is 0 Å². The molecule has 2 heterocycles. The monoisotopic (exact) mass is 342 g/mol. The fourth-order valence-electron chi connectivity index (χ4n) is 3.20. The molecule has 25 heavy (non-hydrogen) atoms. The van der Waals surface area contributed by atoms with Crippen LogP contribution in [0.15, 0.2) is 22.7 Å². The second-order valence-electron chi connectivity index (χ2n) is 7.10. The molecular weight excluding hydrogens is 316 g/mol. The second-order valence-corrected chi connectivity index (χ2v) is 7.10. The lowest BCUT2D eigenvalue weighted by molar-refractivity contribution is 0.0684. The lowest BCUT2D eigenvalue weighted by atomic mass is 9.99. The summed E-state index contributed by atoms with van der Waals surface area (Å²) in [5.41, 5.74) is 3.40. The van der Waals surface area contributed by atoms with Gasteiger partial charge in [0.15, 0.2) is 5.69 Å². The SMILES string of the molecule is Cc1ccc(OCc2c(C(=O)N3CCC(C)CC3)noc2C)c(C)c1. The van der Waals surface area contributed by atoms with Gasteiger partial charge in [0.05, 0.1) is 5.56 Å². The van der Waals surface area contributed by atoms with Crippen molar-refractivity contribution in [3.8, 4) is 5.75 Å². The Bertz CT molecular complexity index is 758. The number of hydrogen-bond donors (Lipinski definition) is 0. The molecule has 0 saturated carbocycles. The van der Waals surface area contributed by atoms with Crippen molar-refractivity contribution < 1.29 is 14.1 Å². The first-order valence-electron chi connectivity index (χ1n) is 8.90. The summed E-state index contributed by atoms with van der Waals surface area (Å²) in [6, 6.07) is 6.06. The van der Waals surface area contributed by atoms with Crippen LogP contribution >= 0.6 is 0 Å². The van der Waals surface area contributed by atoms with E-state index in [0.717, 1.165) is 42.8 Å². The van der Waals surface area contributed by atoms with Gasteiger partial charge in [-0.25, -0.2) is 0 Å². The lowest BCUT2D eigenvalue weighted by Gasteiger charge is -2.29. The average molecular weight is 342 g/mol. The highest BCUT2D eigenvalue weighted by Crippen LogP contribution is 2.24. The van der Waals surface area contributed by atoms with E-state index in [1.807, 2.05) is 30.9 Å². The van der Waals surface area contributed by atoms with E-state index in [9.17, 15) is 4.79 Å². The molecule has 1 aliphatic rings. The van der Waals surface area contributed by atoms with Crippen LogP contribution in [0.4, 0.5) is 0 Å². The smallest absolute Gasteiger partial charge is 0.276 e. The van der Waals surface area contributed by atoms with E-state index in [1.165, 1.54) is 5.56 Å². The molecule has 0 radical (unpaired) electrons. The summed E-state index contributed by atoms with van der Waals surface area (Å²) < 4.78 is 11.2. The van der Waals surface area contributed by atoms with E-state index in [0.29, 0.717) is 17.4 Å². The van der Waals surface area contributed by atoms with Crippen molar-refractivity contribution in [3.63, 3.8) is 0 Å². The minimum Gasteiger partial charge on any atom is -0.488 e. The van der Waals surface area contributed by atoms with Gasteiger partial charge in [0.1, 0.15) is 18.1 Å². The molecule has 1 aromatic carbocycles. The van der Waals surface area contributed by atoms with Crippen LogP contribution in [0.2, 0.25) is 0 Å². The van der Waals surface area contributed by atoms with Crippen LogP contribution in [0, 0.1) is 26.7 Å². The number of benzene rings is 1. The Morgan fingerprint density at radius 3 is 2.68 bits per heavy atom. The third kappa shape index (κ3) is 3.86. The number of likely N-dealkylation sites (tertiary alicyclic amines) is 1. The first kappa shape index (κ1) is 17.5. The predicted octanol–water partition coefficient (Wildman–Crippen LogP) is 4.05. The number of aryl methyl sites for hydroxylation is 3. The summed E-state index contributed by atoms with van der Waals surface area (Å²) in [7, 11) is 0. The zero-order valence-corrected chi connectivity index (χ0v) is 15.5. The van der Waals surface area contributed by atoms with Crippen LogP contribution in [-0.4, -0.2) is 29.1 Å². The number of aromatic nitrogens is 1. The standard InChI is InChI=1S/C20H26N2O3/c1-13-7-9-22(10-8-13)20(23)19-17(16(4)25-21-19)12-24-18-6-5-14(2)11-15(18)3/h5-6,11,13H,7-10,12H2,1-4H3. The van der Waals surface area contributed by atoms with Crippen molar-refractivity contribution in [2.75, 3.05) is 13.1 Å². The minimum atomic E-state index is -0.0528. The highest BCUT2D eigenvalue weighted by molar-refractivity contribution is 5.93. The van der Waals surface area contributed by atoms with Crippen molar-refractivity contribution in [1.29, 1.82) is 0 Å². The maximum absolute atomic E-state index is 12.8. The van der Waals surface area contributed by atoms with Crippen LogP contribution in [0.3, 0.4) is 0 Å². The molecule has 0 unspecified atom stereocenters. The summed E-state index contributed by atoms with van der Waals surface area (Å²) in [6.45, 7) is 9.96. The van der Waals surface area contributed by atoms with Gasteiger partial charge in [-0.1, -0.05) is 29.8 Å². The molecule has 1 saturated heterocycles. The molecule has 0 N–H and O–H groups in total. The molecule has 0 bridgehead atoms. The number of rotatable bonds is 4. The van der Waals surface area contributed by atoms with Gasteiger partial charge >= 0.3 is 0 Å². The van der Waals surface area contributed by atoms with Crippen LogP contribution in [0.1, 0.15) is 52.7 Å². The van der Waals surface area contributed by atoms with E-state index < -0.39 is 0 Å². The molecule has 5 heteroatoms. The molecule has 1 amide bonds. The molecule has 5 nitrogen and oxygen atoms in total. The number of ether oxygens (including phenoxy) is 1. The summed E-state index contributed by atoms with van der Waals surface area (Å²) in [5, 5.41) is 4.01. The molecule has 1 fully saturated rings. The van der Waals surface area contributed by atoms with Crippen molar-refractivity contribution in [1.82, 2.24) is 10.1 Å². The highest BCUT2D eigenvalue weighted by atomic mass is 16.5. The predicted molar refractivity (Wildman–Crippen MR) is 95.8 cm³/mol. The fourth-order valence-corrected chi connectivity index (χ4v) is 3.20. The quantitative estimate of drug-likeness (QED) is 0.841. The minimum absolute atomic E-state index is 0.0528. The van der Waals surface area contributed by atoms with Gasteiger partial charge in [-0.15, -0.1) is 0 Å². The van der Waals surface area contributed by atoms with E-state index >= 15 is 0 Å². The third-order valence-corrected chi connectivity index (χ3v) is 4.96. The topological polar surface area (TPSA) is 55.6 Å². The highest BCUT2D eigenvalue weighted by Gasteiger charge is 2.27. The number of amides is 1. The second kappa shape index (κ2) is 7.30. The number of hydrogen-bond acceptors (Lipinski definition) is 4. The van der Waals surface area contributed by atoms with Crippen LogP contribution in [-0.2, 0) is 6.61 Å². The van der Waals surface area contributed by atoms with Gasteiger partial charge in [-0.05, 0) is 51.2 Å². The summed E-state index contributed by atoms with van der Waals surface area (Å²) in [6.07, 6.45) is 2.08. The van der Waals surface area contributed by atoms with Crippen molar-refractivity contribution in [2.24, 2.45) is 5.92 Å². The Labute approximate surface area is 148 Å². The Hall–Kier alpha value is -2.30. The van der Waals surface area contributed by atoms with Gasteiger partial charge in [-0.3, -0.25) is 4.79 Å². The maximum Gasteiger partial charge on any atom is 0.276 e. The molecule has 0 spiro atoms. The summed E-state index contributed by atoms with van der Waals surface area (Å²) in [5.74, 6) is 2.08. The first-order valence-corrected chi connectivity index (χ1v) is 8.90. The summed E-state index contributed by atoms with van der Waals surface area (Å²) >= 11 is 0. The molecule has 134 valence electrons. The Morgan fingerprint density at radius 2 is 2.00 bits per heavy atom. The normalized spacial score (nSPS) is 15.4. The Kier molecular flexibility index (Phi) is 5.11. The van der Waals surface area contributed by atoms with Gasteiger partial charge < -0.3 is 14.2 Å². The van der Waals surface area contributed by atoms with Gasteiger partial charge in [0, 0.05) is 13.1 Å². The molecule has 2 aromatic rings. The zero-order chi connectivity index (χ0) is 18.0. The third-order valence-electron chi connectivity index (χ3n) is 4.96. The Balaban J connectivity index is 1.74. The number of nitrogens with zero attached hydrogens (tertiary/aromatic N) is 2. The molecule has 0 aliphatic carbocycles. The summed E-state index contributed by atoms with van der Waals surface area (Å²) in [4.78, 5) is 14.7. The maximum atomic E-state index is 12.8. The molecule has 3 rings (SSSR count). The van der Waals surface area contributed by atoms with Crippen molar-refractivity contribution in [2.45, 2.75) is 47.1 Å². The van der Waals surface area contributed by atoms with Crippen molar-refractivity contribution >= 4 is 5.91 Å². The van der Waals surface area contributed by atoms with Gasteiger partial charge in [0.2, 0.25) is 0 Å². The molecular formula is C20H26N2O3.